The molecule has 1 heterocycles. The SMILES string of the molecule is C1=C2OCCCOC3CCC=C(P(c4ccccc4)c4ccccc4)[C@H]3C2[C@@H](P(c2ccccc2)c2ccccc2)CC1. The Morgan fingerprint density at radius 1 is 0.535 bits per heavy atom. The maximum absolute atomic E-state index is 6.88. The second-order valence-electron chi connectivity index (χ2n) is 11.7. The summed E-state index contributed by atoms with van der Waals surface area (Å²) in [6, 6.07) is 45.1. The Balaban J connectivity index is 1.41. The minimum absolute atomic E-state index is 0.191. The van der Waals surface area contributed by atoms with Gasteiger partial charge in [0.1, 0.15) is 0 Å². The van der Waals surface area contributed by atoms with Crippen molar-refractivity contribution in [3.63, 3.8) is 0 Å². The first-order chi connectivity index (χ1) is 21.4. The molecule has 4 aromatic carbocycles. The molecule has 4 heteroatoms. The van der Waals surface area contributed by atoms with Gasteiger partial charge in [-0.1, -0.05) is 127 Å². The molecular formula is C39H40O2P2. The van der Waals surface area contributed by atoms with Crippen LogP contribution < -0.4 is 21.2 Å². The summed E-state index contributed by atoms with van der Waals surface area (Å²) in [5, 5.41) is 7.34. The van der Waals surface area contributed by atoms with E-state index in [1.165, 1.54) is 27.0 Å². The van der Waals surface area contributed by atoms with Gasteiger partial charge in [-0.05, 0) is 79.8 Å². The molecule has 2 unspecified atom stereocenters. The van der Waals surface area contributed by atoms with Crippen molar-refractivity contribution < 1.29 is 9.47 Å². The Morgan fingerprint density at radius 2 is 1.07 bits per heavy atom. The third-order valence-corrected chi connectivity index (χ3v) is 14.6. The van der Waals surface area contributed by atoms with Crippen LogP contribution in [0.4, 0.5) is 0 Å². The van der Waals surface area contributed by atoms with Crippen molar-refractivity contribution in [1.29, 1.82) is 0 Å². The summed E-state index contributed by atoms with van der Waals surface area (Å²) in [6.45, 7) is 1.49. The lowest BCUT2D eigenvalue weighted by atomic mass is 9.76. The van der Waals surface area contributed by atoms with E-state index in [9.17, 15) is 0 Å². The molecule has 0 aromatic heterocycles. The molecule has 0 bridgehead atoms. The molecule has 1 fully saturated rings. The number of fused-ring (bicyclic) bond motifs is 3. The van der Waals surface area contributed by atoms with E-state index in [2.05, 4.69) is 133 Å². The topological polar surface area (TPSA) is 18.5 Å². The quantitative estimate of drug-likeness (QED) is 0.208. The Bertz CT molecular complexity index is 1440. The van der Waals surface area contributed by atoms with Gasteiger partial charge < -0.3 is 9.47 Å². The lowest BCUT2D eigenvalue weighted by molar-refractivity contribution is 0.00456. The van der Waals surface area contributed by atoms with Crippen molar-refractivity contribution in [1.82, 2.24) is 0 Å². The highest BCUT2D eigenvalue weighted by molar-refractivity contribution is 7.76. The lowest BCUT2D eigenvalue weighted by Gasteiger charge is -2.47. The van der Waals surface area contributed by atoms with Gasteiger partial charge >= 0.3 is 0 Å². The molecule has 7 rings (SSSR count). The van der Waals surface area contributed by atoms with Crippen LogP contribution in [0.1, 0.15) is 32.1 Å². The number of hydrogen-bond acceptors (Lipinski definition) is 2. The number of allylic oxidation sites excluding steroid dienone is 3. The normalized spacial score (nSPS) is 24.0. The summed E-state index contributed by atoms with van der Waals surface area (Å²) < 4.78 is 13.7. The molecular weight excluding hydrogens is 562 g/mol. The predicted octanol–water partition coefficient (Wildman–Crippen LogP) is 8.01. The van der Waals surface area contributed by atoms with Gasteiger partial charge in [-0.25, -0.2) is 0 Å². The van der Waals surface area contributed by atoms with E-state index in [0.717, 1.165) is 45.3 Å². The molecule has 0 radical (unpaired) electrons. The lowest BCUT2D eigenvalue weighted by Crippen LogP contribution is -2.43. The van der Waals surface area contributed by atoms with Crippen LogP contribution in [-0.2, 0) is 9.47 Å². The molecule has 4 aromatic rings. The van der Waals surface area contributed by atoms with Gasteiger partial charge in [-0.15, -0.1) is 0 Å². The Kier molecular flexibility index (Phi) is 9.18. The van der Waals surface area contributed by atoms with Crippen molar-refractivity contribution in [2.45, 2.75) is 43.9 Å². The van der Waals surface area contributed by atoms with E-state index in [-0.39, 0.29) is 17.9 Å². The molecule has 1 aliphatic heterocycles. The molecule has 1 saturated heterocycles. The largest absolute Gasteiger partial charge is 0.498 e. The summed E-state index contributed by atoms with van der Waals surface area (Å²) >= 11 is 0. The van der Waals surface area contributed by atoms with Gasteiger partial charge in [-0.2, -0.15) is 0 Å². The third kappa shape index (κ3) is 6.17. The molecule has 0 amide bonds. The number of benzene rings is 4. The van der Waals surface area contributed by atoms with E-state index in [0.29, 0.717) is 5.66 Å². The van der Waals surface area contributed by atoms with E-state index in [1.54, 1.807) is 5.31 Å². The van der Waals surface area contributed by atoms with Crippen molar-refractivity contribution in [3.05, 3.63) is 145 Å². The molecule has 3 aliphatic rings. The minimum Gasteiger partial charge on any atom is -0.498 e. The summed E-state index contributed by atoms with van der Waals surface area (Å²) in [6.07, 6.45) is 10.5. The fraction of sp³-hybridized carbons (Fsp3) is 0.282. The highest BCUT2D eigenvalue weighted by atomic mass is 31.1. The predicted molar refractivity (Wildman–Crippen MR) is 184 cm³/mol. The Labute approximate surface area is 259 Å². The van der Waals surface area contributed by atoms with Crippen LogP contribution in [0.5, 0.6) is 0 Å². The maximum atomic E-state index is 6.88. The van der Waals surface area contributed by atoms with E-state index in [1.807, 2.05) is 0 Å². The van der Waals surface area contributed by atoms with Crippen molar-refractivity contribution in [2.24, 2.45) is 11.8 Å². The summed E-state index contributed by atoms with van der Waals surface area (Å²) in [5.41, 5.74) is 0.457. The summed E-state index contributed by atoms with van der Waals surface area (Å²) in [7, 11) is -1.33. The van der Waals surface area contributed by atoms with Gasteiger partial charge in [0.05, 0.1) is 25.1 Å². The van der Waals surface area contributed by atoms with Crippen LogP contribution in [-0.4, -0.2) is 25.0 Å². The van der Waals surface area contributed by atoms with Crippen LogP contribution in [0.2, 0.25) is 0 Å². The molecule has 0 N–H and O–H groups in total. The minimum atomic E-state index is -0.715. The van der Waals surface area contributed by atoms with E-state index < -0.39 is 15.8 Å². The van der Waals surface area contributed by atoms with Crippen LogP contribution in [0.15, 0.2) is 145 Å². The highest BCUT2D eigenvalue weighted by Crippen LogP contribution is 2.59. The monoisotopic (exact) mass is 602 g/mol. The van der Waals surface area contributed by atoms with Gasteiger partial charge in [0.15, 0.2) is 0 Å². The van der Waals surface area contributed by atoms with Crippen LogP contribution >= 0.6 is 15.8 Å². The Hall–Kier alpha value is -3.02. The molecule has 4 atom stereocenters. The van der Waals surface area contributed by atoms with Crippen molar-refractivity contribution >= 4 is 37.1 Å². The molecule has 218 valence electrons. The van der Waals surface area contributed by atoms with Gasteiger partial charge in [0, 0.05) is 18.3 Å². The summed E-state index contributed by atoms with van der Waals surface area (Å²) in [5.74, 6) is 1.76. The number of rotatable bonds is 6. The first-order valence-electron chi connectivity index (χ1n) is 15.8. The van der Waals surface area contributed by atoms with Gasteiger partial charge in [-0.3, -0.25) is 0 Å². The van der Waals surface area contributed by atoms with Crippen molar-refractivity contribution in [2.75, 3.05) is 13.2 Å². The zero-order chi connectivity index (χ0) is 28.8. The number of hydrogen-bond donors (Lipinski definition) is 0. The second kappa shape index (κ2) is 13.7. The fourth-order valence-electron chi connectivity index (χ4n) is 7.30. The standard InChI is InChI=1S/C39H40O2P2/c1-5-16-30(17-6-1)42(31-18-7-2-8-19-31)36-26-13-24-34-38(36)39-35(41-29-15-28-40-34)25-14-27-37(39)43(32-20-9-3-10-21-32)33-22-11-4-12-23-33/h1-12,16-24,27,35-36,38-39H,13-15,25-26,28-29H2/t35?,36-,38?,39-/m0/s1. The molecule has 2 nitrogen and oxygen atoms in total. The van der Waals surface area contributed by atoms with Gasteiger partial charge in [0.25, 0.3) is 0 Å². The van der Waals surface area contributed by atoms with Crippen LogP contribution in [0.25, 0.3) is 0 Å². The highest BCUT2D eigenvalue weighted by Gasteiger charge is 2.48. The van der Waals surface area contributed by atoms with Gasteiger partial charge in [0.2, 0.25) is 0 Å². The van der Waals surface area contributed by atoms with Crippen LogP contribution in [0, 0.1) is 11.8 Å². The van der Waals surface area contributed by atoms with E-state index in [4.69, 9.17) is 9.47 Å². The zero-order valence-corrected chi connectivity index (χ0v) is 26.5. The van der Waals surface area contributed by atoms with Crippen LogP contribution in [0.3, 0.4) is 0 Å². The first-order valence-corrected chi connectivity index (χ1v) is 18.6. The van der Waals surface area contributed by atoms with E-state index >= 15 is 0 Å². The maximum Gasteiger partial charge on any atom is 0.0964 e. The third-order valence-electron chi connectivity index (χ3n) is 9.06. The summed E-state index contributed by atoms with van der Waals surface area (Å²) in [4.78, 5) is 0. The Morgan fingerprint density at radius 3 is 1.65 bits per heavy atom. The molecule has 0 saturated carbocycles. The average Bonchev–Trinajstić information content (AvgIpc) is 3.17. The smallest absolute Gasteiger partial charge is 0.0964 e. The second-order valence-corrected chi connectivity index (χ2v) is 16.3. The molecule has 43 heavy (non-hydrogen) atoms. The first kappa shape index (κ1) is 28.7. The number of ether oxygens (including phenoxy) is 2. The van der Waals surface area contributed by atoms with Crippen molar-refractivity contribution in [3.8, 4) is 0 Å². The molecule has 0 spiro atoms. The average molecular weight is 603 g/mol. The fourth-order valence-corrected chi connectivity index (χ4v) is 13.2. The molecule has 2 aliphatic carbocycles. The zero-order valence-electron chi connectivity index (χ0n) is 24.7.